The summed E-state index contributed by atoms with van der Waals surface area (Å²) in [6, 6.07) is 3.19. The van der Waals surface area contributed by atoms with Crippen LogP contribution >= 0.6 is 0 Å². The van der Waals surface area contributed by atoms with Gasteiger partial charge in [-0.3, -0.25) is 4.21 Å². The van der Waals surface area contributed by atoms with E-state index in [4.69, 9.17) is 4.65 Å². The van der Waals surface area contributed by atoms with E-state index in [1.165, 1.54) is 12.3 Å². The van der Waals surface area contributed by atoms with Crippen molar-refractivity contribution in [2.75, 3.05) is 6.26 Å². The zero-order valence-electron chi connectivity index (χ0n) is 9.88. The van der Waals surface area contributed by atoms with Gasteiger partial charge in [-0.1, -0.05) is 6.07 Å². The van der Waals surface area contributed by atoms with Crippen molar-refractivity contribution in [1.82, 2.24) is 0 Å². The van der Waals surface area contributed by atoms with Gasteiger partial charge in [0.05, 0.1) is 0 Å². The summed E-state index contributed by atoms with van der Waals surface area (Å²) in [5.41, 5.74) is 0.541. The van der Waals surface area contributed by atoms with E-state index in [9.17, 15) is 19.1 Å². The number of carboxylic acids is 1. The monoisotopic (exact) mass is 268 g/mol. The molecule has 1 aromatic rings. The molecule has 0 aromatic heterocycles. The second kappa shape index (κ2) is 4.33. The van der Waals surface area contributed by atoms with Crippen molar-refractivity contribution in [2.24, 2.45) is 0 Å². The van der Waals surface area contributed by atoms with Gasteiger partial charge in [0.2, 0.25) is 0 Å². The molecule has 1 heterocycles. The first-order valence-corrected chi connectivity index (χ1v) is 7.50. The molecule has 18 heavy (non-hydrogen) atoms. The number of fused-ring (bicyclic) bond motifs is 1. The number of benzene rings is 1. The summed E-state index contributed by atoms with van der Waals surface area (Å²) in [6.07, 6.45) is 2.32. The second-order valence-electron chi connectivity index (χ2n) is 4.35. The van der Waals surface area contributed by atoms with E-state index in [0.29, 0.717) is 18.3 Å². The predicted molar refractivity (Wildman–Crippen MR) is 70.0 cm³/mol. The molecule has 5 nitrogen and oxygen atoms in total. The molecule has 0 amide bonds. The number of carbonyl (C=O) groups is 1. The maximum atomic E-state index is 12.0. The fourth-order valence-electron chi connectivity index (χ4n) is 1.98. The molecular formula is C11H13BO5S. The molecule has 1 aliphatic heterocycles. The molecular weight excluding hydrogens is 255 g/mol. The third-order valence-corrected chi connectivity index (χ3v) is 4.07. The first-order valence-electron chi connectivity index (χ1n) is 5.37. The molecule has 1 aromatic carbocycles. The molecule has 0 bridgehead atoms. The summed E-state index contributed by atoms with van der Waals surface area (Å²) < 4.78 is 17.2. The summed E-state index contributed by atoms with van der Waals surface area (Å²) in [6.45, 7) is 0. The highest BCUT2D eigenvalue weighted by Gasteiger charge is 2.30. The van der Waals surface area contributed by atoms with Crippen molar-refractivity contribution < 1.29 is 23.8 Å². The Bertz CT molecular complexity index is 608. The van der Waals surface area contributed by atoms with Crippen molar-refractivity contribution in [3.63, 3.8) is 0 Å². The van der Waals surface area contributed by atoms with Gasteiger partial charge in [0.1, 0.15) is 11.3 Å². The predicted octanol–water partition coefficient (Wildman–Crippen LogP) is 0.505. The zero-order valence-corrected chi connectivity index (χ0v) is 10.7. The number of aromatic carboxylic acids is 1. The van der Waals surface area contributed by atoms with E-state index in [1.54, 1.807) is 6.07 Å². The van der Waals surface area contributed by atoms with Crippen LogP contribution in [0.2, 0.25) is 6.32 Å². The third kappa shape index (κ3) is 2.23. The van der Waals surface area contributed by atoms with E-state index in [-0.39, 0.29) is 16.2 Å². The molecule has 2 N–H and O–H groups in total. The molecule has 7 heteroatoms. The minimum atomic E-state index is -2.67. The lowest BCUT2D eigenvalue weighted by Gasteiger charge is -2.23. The summed E-state index contributed by atoms with van der Waals surface area (Å²) in [7, 11) is -3.70. The quantitative estimate of drug-likeness (QED) is 0.603. The van der Waals surface area contributed by atoms with Crippen LogP contribution in [0, 0.1) is 0 Å². The second-order valence-corrected chi connectivity index (χ2v) is 6.80. The Morgan fingerprint density at radius 2 is 2.22 bits per heavy atom. The average molecular weight is 268 g/mol. The molecule has 0 aliphatic carbocycles. The Labute approximate surface area is 106 Å². The summed E-state index contributed by atoms with van der Waals surface area (Å²) in [4.78, 5) is 11.5. The van der Waals surface area contributed by atoms with Crippen LogP contribution in [0.3, 0.4) is 0 Å². The number of rotatable bonds is 2. The smallest absolute Gasteiger partial charge is 0.522 e. The first kappa shape index (κ1) is 13.0. The molecule has 96 valence electrons. The van der Waals surface area contributed by atoms with Gasteiger partial charge in [-0.2, -0.15) is 0 Å². The van der Waals surface area contributed by atoms with Gasteiger partial charge < -0.3 is 14.8 Å². The molecule has 2 rings (SSSR count). The normalized spacial score (nSPS) is 17.6. The number of aryl methyl sites for hydroxylation is 1. The number of carboxylic acid groups (broad SMARTS) is 1. The van der Waals surface area contributed by atoms with Crippen molar-refractivity contribution in [2.45, 2.75) is 17.6 Å². The van der Waals surface area contributed by atoms with E-state index >= 15 is 0 Å². The topological polar surface area (TPSA) is 83.8 Å². The van der Waals surface area contributed by atoms with Crippen LogP contribution in [0.1, 0.15) is 15.9 Å². The van der Waals surface area contributed by atoms with Gasteiger partial charge in [0.15, 0.2) is 0 Å². The van der Waals surface area contributed by atoms with E-state index in [0.717, 1.165) is 0 Å². The first-order chi connectivity index (χ1) is 8.30. The Kier molecular flexibility index (Phi) is 3.12. The maximum Gasteiger partial charge on any atom is 0.522 e. The van der Waals surface area contributed by atoms with Gasteiger partial charge in [-0.15, -0.1) is 0 Å². The SMILES string of the molecule is C=S(C)(=O)c1ccc2c(c1C(=O)O)OB(O)CC2. The Morgan fingerprint density at radius 1 is 1.56 bits per heavy atom. The molecule has 1 unspecified atom stereocenters. The minimum Gasteiger partial charge on any atom is -0.535 e. The fourth-order valence-corrected chi connectivity index (χ4v) is 2.94. The molecule has 0 fully saturated rings. The van der Waals surface area contributed by atoms with Crippen LogP contribution in [-0.2, 0) is 15.9 Å². The summed E-state index contributed by atoms with van der Waals surface area (Å²) in [5.74, 6) is 2.38. The van der Waals surface area contributed by atoms with Crippen LogP contribution in [0.15, 0.2) is 17.0 Å². The highest BCUT2D eigenvalue weighted by atomic mass is 32.2. The van der Waals surface area contributed by atoms with Gasteiger partial charge in [0.25, 0.3) is 0 Å². The summed E-state index contributed by atoms with van der Waals surface area (Å²) >= 11 is 0. The lowest BCUT2D eigenvalue weighted by molar-refractivity contribution is 0.0690. The van der Waals surface area contributed by atoms with Gasteiger partial charge >= 0.3 is 13.1 Å². The van der Waals surface area contributed by atoms with Crippen molar-refractivity contribution in [3.05, 3.63) is 23.3 Å². The highest BCUT2D eigenvalue weighted by Crippen LogP contribution is 2.34. The molecule has 1 atom stereocenters. The molecule has 0 radical (unpaired) electrons. The third-order valence-electron chi connectivity index (χ3n) is 2.79. The number of hydrogen-bond donors (Lipinski definition) is 2. The summed E-state index contributed by atoms with van der Waals surface area (Å²) in [5, 5.41) is 18.7. The van der Waals surface area contributed by atoms with Crippen LogP contribution < -0.4 is 4.65 Å². The average Bonchev–Trinajstić information content (AvgIpc) is 2.25. The largest absolute Gasteiger partial charge is 0.535 e. The lowest BCUT2D eigenvalue weighted by atomic mass is 9.78. The maximum absolute atomic E-state index is 12.0. The number of hydrogen-bond acceptors (Lipinski definition) is 4. The highest BCUT2D eigenvalue weighted by molar-refractivity contribution is 7.99. The Morgan fingerprint density at radius 3 is 2.78 bits per heavy atom. The molecule has 0 spiro atoms. The fraction of sp³-hybridized carbons (Fsp3) is 0.273. The van der Waals surface area contributed by atoms with E-state index in [1.807, 2.05) is 0 Å². The molecule has 1 aliphatic rings. The van der Waals surface area contributed by atoms with E-state index in [2.05, 4.69) is 5.87 Å². The van der Waals surface area contributed by atoms with Crippen LogP contribution in [0.25, 0.3) is 0 Å². The van der Waals surface area contributed by atoms with Crippen LogP contribution in [0.5, 0.6) is 5.75 Å². The minimum absolute atomic E-state index is 0.108. The van der Waals surface area contributed by atoms with Gasteiger partial charge in [0, 0.05) is 11.2 Å². The van der Waals surface area contributed by atoms with E-state index < -0.39 is 22.6 Å². The van der Waals surface area contributed by atoms with Crippen LogP contribution in [-0.4, -0.2) is 39.6 Å². The van der Waals surface area contributed by atoms with Gasteiger partial charge in [-0.25, -0.2) is 4.79 Å². The van der Waals surface area contributed by atoms with Crippen molar-refractivity contribution >= 4 is 28.5 Å². The van der Waals surface area contributed by atoms with Crippen LogP contribution in [0.4, 0.5) is 0 Å². The zero-order chi connectivity index (χ0) is 13.5. The Hall–Kier alpha value is -1.47. The Balaban J connectivity index is 2.73. The van der Waals surface area contributed by atoms with Crippen molar-refractivity contribution in [3.8, 4) is 5.75 Å². The van der Waals surface area contributed by atoms with Gasteiger partial charge in [-0.05, 0) is 39.8 Å². The van der Waals surface area contributed by atoms with Crippen molar-refractivity contribution in [1.29, 1.82) is 0 Å². The lowest BCUT2D eigenvalue weighted by Crippen LogP contribution is -2.28. The standard InChI is InChI=1S/C11H13BO5S/c1-18(2,16)8-4-3-7-5-6-12(15)17-10(7)9(8)11(13)14/h3-4,15H,1,5-6H2,2H3,(H,13,14). The molecule has 0 saturated carbocycles. The molecule has 0 saturated heterocycles.